The van der Waals surface area contributed by atoms with Gasteiger partial charge in [0.2, 0.25) is 35.4 Å². The first-order valence-corrected chi connectivity index (χ1v) is 34.0. The first-order chi connectivity index (χ1) is 57.8. The molecular weight excluding hydrogens is 1670 g/mol. The Kier molecular flexibility index (Phi) is 22.6. The molecule has 0 aliphatic carbocycles. The number of carbonyl (C=O) groups is 9. The summed E-state index contributed by atoms with van der Waals surface area (Å²) in [4.78, 5) is 131. The highest BCUT2D eigenvalue weighted by Gasteiger charge is 2.57. The fraction of sp³-hybridized carbons (Fsp3) is 0.160. The highest BCUT2D eigenvalue weighted by atomic mass is 16.8. The van der Waals surface area contributed by atoms with Crippen molar-refractivity contribution in [1.82, 2.24) is 0 Å². The van der Waals surface area contributed by atoms with Gasteiger partial charge in [-0.2, -0.15) is 0 Å². The van der Waals surface area contributed by atoms with Crippen molar-refractivity contribution >= 4 is 53.7 Å². The van der Waals surface area contributed by atoms with Gasteiger partial charge < -0.3 is 195 Å². The zero-order chi connectivity index (χ0) is 90.0. The van der Waals surface area contributed by atoms with Gasteiger partial charge in [0, 0.05) is 23.3 Å². The van der Waals surface area contributed by atoms with Gasteiger partial charge in [0.25, 0.3) is 0 Å². The number of fused-ring (bicyclic) bond motifs is 4. The van der Waals surface area contributed by atoms with E-state index in [9.17, 15) is 171 Å². The van der Waals surface area contributed by atoms with E-state index in [1.54, 1.807) is 0 Å². The molecule has 9 aromatic rings. The highest BCUT2D eigenvalue weighted by molar-refractivity contribution is 6.09. The lowest BCUT2D eigenvalue weighted by molar-refractivity contribution is -0.284. The third kappa shape index (κ3) is 16.2. The number of aliphatic hydroxyl groups is 1. The summed E-state index contributed by atoms with van der Waals surface area (Å²) in [5.74, 6) is -56.5. The number of aliphatic hydroxyl groups excluding tert-OH is 1. The monoisotopic (exact) mass is 1720 g/mol. The summed E-state index contributed by atoms with van der Waals surface area (Å²) in [6.07, 6.45) is -27.3. The Hall–Kier alpha value is -17.3. The standard InChI is InChI=1S/C75H56O48/c76-27-1-18(2-28(77)46(27)90)65(102)112-17-43-60(62(120-67(104)20-5-31(80)48(92)32(81)6-20)64(122-69(106)22-9-35(84)50(94)36(85)10-22)75(116-43)123-70(107)23-11-37(86)51(95)38(87)12-23)118-73(110)26-14-40(89)53(97)57(101)58(26)114-41-15-25-45(56(100)54(41)98)44-24(13-39(88)52(96)55(44)99)72(109)117-59-42(16-113-71(25)108)115-74(111)63(121-68(105)21-7-33(82)49(93)34(83)8-21)61(59)119-66(103)19-3-29(78)47(91)30(79)4-19/h1-15,42-43,59-64,74-101,111H,16-17H2. The number of phenols is 26. The Labute approximate surface area is 677 Å². The van der Waals surface area contributed by atoms with Crippen molar-refractivity contribution in [2.45, 2.75) is 61.4 Å². The Morgan fingerprint density at radius 2 is 0.650 bits per heavy atom. The van der Waals surface area contributed by atoms with Crippen LogP contribution in [0.1, 0.15) is 93.2 Å². The number of phenolic OH excluding ortho intramolecular Hbond substituents is 26. The molecule has 3 aliphatic rings. The van der Waals surface area contributed by atoms with Crippen molar-refractivity contribution in [2.75, 3.05) is 13.2 Å². The summed E-state index contributed by atoms with van der Waals surface area (Å²) in [6, 6.07) is 5.76. The second kappa shape index (κ2) is 32.6. The van der Waals surface area contributed by atoms with Gasteiger partial charge >= 0.3 is 53.7 Å². The number of benzene rings is 9. The van der Waals surface area contributed by atoms with Crippen LogP contribution in [0.5, 0.6) is 161 Å². The summed E-state index contributed by atoms with van der Waals surface area (Å²) in [5.41, 5.74) is -12.9. The van der Waals surface area contributed by atoms with E-state index in [1.165, 1.54) is 0 Å². The quantitative estimate of drug-likeness (QED) is 0.0354. The fourth-order valence-corrected chi connectivity index (χ4v) is 12.2. The van der Waals surface area contributed by atoms with E-state index in [0.717, 1.165) is 0 Å². The molecule has 0 amide bonds. The molecule has 123 heavy (non-hydrogen) atoms. The minimum absolute atomic E-state index is 0.101. The van der Waals surface area contributed by atoms with Crippen LogP contribution in [0.15, 0.2) is 91.0 Å². The van der Waals surface area contributed by atoms with Gasteiger partial charge in [-0.05, 0) is 78.9 Å². The summed E-state index contributed by atoms with van der Waals surface area (Å²) >= 11 is 0. The molecule has 10 atom stereocenters. The second-order valence-electron chi connectivity index (χ2n) is 26.2. The lowest BCUT2D eigenvalue weighted by atomic mass is 9.91. The summed E-state index contributed by atoms with van der Waals surface area (Å²) < 4.78 is 67.5. The molecule has 0 aromatic heterocycles. The molecule has 0 radical (unpaired) electrons. The average Bonchev–Trinajstić information content (AvgIpc) is 1.58. The van der Waals surface area contributed by atoms with Crippen LogP contribution in [0.25, 0.3) is 11.1 Å². The summed E-state index contributed by atoms with van der Waals surface area (Å²) in [5, 5.41) is 289. The maximum Gasteiger partial charge on any atom is 0.342 e. The maximum atomic E-state index is 15.5. The Bertz CT molecular complexity index is 5810. The minimum atomic E-state index is -2.99. The predicted molar refractivity (Wildman–Crippen MR) is 381 cm³/mol. The predicted octanol–water partition coefficient (Wildman–Crippen LogP) is 2.77. The van der Waals surface area contributed by atoms with Crippen molar-refractivity contribution in [3.8, 4) is 172 Å². The van der Waals surface area contributed by atoms with Gasteiger partial charge in [-0.1, -0.05) is 0 Å². The fourth-order valence-electron chi connectivity index (χ4n) is 12.2. The van der Waals surface area contributed by atoms with Crippen LogP contribution in [-0.2, 0) is 52.1 Å². The van der Waals surface area contributed by atoms with Crippen molar-refractivity contribution in [2.24, 2.45) is 0 Å². The molecule has 12 rings (SSSR count). The Morgan fingerprint density at radius 3 is 1.07 bits per heavy atom. The molecule has 3 heterocycles. The number of cyclic esters (lactones) is 1. The number of carbonyl (C=O) groups excluding carboxylic acids is 9. The van der Waals surface area contributed by atoms with Crippen LogP contribution in [0.2, 0.25) is 0 Å². The Morgan fingerprint density at radius 1 is 0.317 bits per heavy atom. The zero-order valence-electron chi connectivity index (χ0n) is 60.5. The Balaban J connectivity index is 0.985. The lowest BCUT2D eigenvalue weighted by Gasteiger charge is -2.44. The lowest BCUT2D eigenvalue weighted by Crippen LogP contribution is -2.63. The molecule has 10 unspecified atom stereocenters. The average molecular weight is 1730 g/mol. The van der Waals surface area contributed by atoms with Gasteiger partial charge in [0.1, 0.15) is 31.0 Å². The highest BCUT2D eigenvalue weighted by Crippen LogP contribution is 2.57. The third-order valence-electron chi connectivity index (χ3n) is 18.3. The minimum Gasteiger partial charge on any atom is -0.504 e. The second-order valence-corrected chi connectivity index (χ2v) is 26.2. The number of hydrogen-bond acceptors (Lipinski definition) is 48. The van der Waals surface area contributed by atoms with E-state index in [-0.39, 0.29) is 18.2 Å². The van der Waals surface area contributed by atoms with Crippen LogP contribution in [0, 0.1) is 0 Å². The molecule has 48 nitrogen and oxygen atoms in total. The molecule has 0 saturated carbocycles. The van der Waals surface area contributed by atoms with Gasteiger partial charge in [-0.3, -0.25) is 0 Å². The molecule has 0 bridgehead atoms. The normalized spacial score (nSPS) is 19.1. The molecule has 2 saturated heterocycles. The van der Waals surface area contributed by atoms with Gasteiger partial charge in [-0.15, -0.1) is 0 Å². The SMILES string of the molecule is O=C(OCC1OC(OC(=O)c2cc(O)c(O)c(O)c2)C(OC(=O)c2cc(O)c(O)c(O)c2)C(OC(=O)c2cc(O)c(O)c(O)c2)C1OC(=O)c1cc(O)c(O)c(O)c1Oc1cc2c(c(O)c1O)-c1c(cc(O)c(O)c1O)C(=O)OC1C(COC2=O)OC(O)C(OC(=O)c2cc(O)c(O)c(O)c2)C1OC(=O)c1cc(O)c(O)c(O)c1)c1cc(O)c(O)c(O)c1. The van der Waals surface area contributed by atoms with Crippen LogP contribution in [0.4, 0.5) is 0 Å². The van der Waals surface area contributed by atoms with E-state index < -0.39 is 351 Å². The van der Waals surface area contributed by atoms with E-state index in [1.807, 2.05) is 0 Å². The van der Waals surface area contributed by atoms with Crippen molar-refractivity contribution < 1.29 is 238 Å². The van der Waals surface area contributed by atoms with Crippen molar-refractivity contribution in [3.05, 3.63) is 141 Å². The van der Waals surface area contributed by atoms with E-state index in [4.69, 9.17) is 56.8 Å². The van der Waals surface area contributed by atoms with Gasteiger partial charge in [0.05, 0.1) is 44.5 Å². The molecule has 9 aromatic carbocycles. The number of esters is 9. The topological polar surface area (TPSA) is 811 Å². The van der Waals surface area contributed by atoms with Crippen LogP contribution in [0.3, 0.4) is 0 Å². The smallest absolute Gasteiger partial charge is 0.342 e. The summed E-state index contributed by atoms with van der Waals surface area (Å²) in [7, 11) is 0. The van der Waals surface area contributed by atoms with Gasteiger partial charge in [-0.25, -0.2) is 43.2 Å². The molecule has 644 valence electrons. The number of rotatable bonds is 17. The molecule has 0 spiro atoms. The van der Waals surface area contributed by atoms with Crippen LogP contribution in [-0.4, -0.2) is 266 Å². The largest absolute Gasteiger partial charge is 0.504 e. The van der Waals surface area contributed by atoms with Crippen LogP contribution < -0.4 is 4.74 Å². The molecule has 48 heteroatoms. The molecule has 27 N–H and O–H groups in total. The molecular formula is C75H56O48. The van der Waals surface area contributed by atoms with Crippen LogP contribution >= 0.6 is 0 Å². The molecule has 2 fully saturated rings. The van der Waals surface area contributed by atoms with Crippen molar-refractivity contribution in [1.29, 1.82) is 0 Å². The van der Waals surface area contributed by atoms with E-state index >= 15 is 9.59 Å². The van der Waals surface area contributed by atoms with Crippen molar-refractivity contribution in [3.63, 3.8) is 0 Å². The third-order valence-corrected chi connectivity index (χ3v) is 18.3. The summed E-state index contributed by atoms with van der Waals surface area (Å²) in [6.45, 7) is -3.11. The van der Waals surface area contributed by atoms with Gasteiger partial charge in [0.15, 0.2) is 175 Å². The number of hydrogen-bond donors (Lipinski definition) is 27. The number of ether oxygens (including phenoxy) is 12. The first kappa shape index (κ1) is 85.1. The zero-order valence-corrected chi connectivity index (χ0v) is 60.5. The molecule has 3 aliphatic heterocycles. The maximum absolute atomic E-state index is 15.5. The van der Waals surface area contributed by atoms with E-state index in [2.05, 4.69) is 0 Å². The number of aromatic hydroxyl groups is 26. The van der Waals surface area contributed by atoms with E-state index in [0.29, 0.717) is 72.8 Å². The first-order valence-electron chi connectivity index (χ1n) is 34.0.